The minimum absolute atomic E-state index is 0.129. The summed E-state index contributed by atoms with van der Waals surface area (Å²) >= 11 is 0. The van der Waals surface area contributed by atoms with E-state index in [0.29, 0.717) is 13.0 Å². The highest BCUT2D eigenvalue weighted by molar-refractivity contribution is 5.84. The molecule has 1 saturated carbocycles. The molecule has 5 heteroatoms. The van der Waals surface area contributed by atoms with Crippen LogP contribution in [0.2, 0.25) is 0 Å². The van der Waals surface area contributed by atoms with Gasteiger partial charge in [-0.25, -0.2) is 0 Å². The zero-order valence-corrected chi connectivity index (χ0v) is 17.1. The molecule has 1 fully saturated rings. The fourth-order valence-electron chi connectivity index (χ4n) is 3.77. The lowest BCUT2D eigenvalue weighted by atomic mass is 9.88. The van der Waals surface area contributed by atoms with Gasteiger partial charge in [0, 0.05) is 24.7 Å². The van der Waals surface area contributed by atoms with Crippen LogP contribution >= 0.6 is 0 Å². The van der Waals surface area contributed by atoms with E-state index in [0.717, 1.165) is 57.8 Å². The van der Waals surface area contributed by atoms with Crippen molar-refractivity contribution in [1.82, 2.24) is 0 Å². The van der Waals surface area contributed by atoms with Crippen molar-refractivity contribution in [1.29, 1.82) is 0 Å². The standard InChI is InChI=1S/C22H38O5/c1-3-5-8-11-17(23)14-15-19-18(20(24)16-21(19)25)12-9-6-7-10-13-22(26)27-4-2/h14-15,17-19,21,23,25H,3-13,16H2,1-2H3/b15-14+. The third-order valence-corrected chi connectivity index (χ3v) is 5.34. The van der Waals surface area contributed by atoms with Gasteiger partial charge in [0.15, 0.2) is 0 Å². The summed E-state index contributed by atoms with van der Waals surface area (Å²) in [5, 5.41) is 20.2. The maximum atomic E-state index is 12.2. The molecule has 27 heavy (non-hydrogen) atoms. The third kappa shape index (κ3) is 9.52. The van der Waals surface area contributed by atoms with Crippen molar-refractivity contribution in [3.8, 4) is 0 Å². The number of hydrogen-bond donors (Lipinski definition) is 2. The average Bonchev–Trinajstić information content (AvgIpc) is 2.89. The SMILES string of the molecule is CCCCCC(O)/C=C/C1C(O)CC(=O)C1CCCCCCC(=O)OCC. The third-order valence-electron chi connectivity index (χ3n) is 5.34. The van der Waals surface area contributed by atoms with Crippen molar-refractivity contribution in [2.75, 3.05) is 6.61 Å². The molecule has 1 aliphatic rings. The molecule has 1 rings (SSSR count). The lowest BCUT2D eigenvalue weighted by Gasteiger charge is -2.18. The number of unbranched alkanes of at least 4 members (excludes halogenated alkanes) is 5. The predicted octanol–water partition coefficient (Wildman–Crippen LogP) is 3.95. The second-order valence-electron chi connectivity index (χ2n) is 7.63. The van der Waals surface area contributed by atoms with Crippen molar-refractivity contribution in [2.24, 2.45) is 11.8 Å². The van der Waals surface area contributed by atoms with Gasteiger partial charge in [-0.1, -0.05) is 57.6 Å². The molecule has 2 N–H and O–H groups in total. The summed E-state index contributed by atoms with van der Waals surface area (Å²) in [4.78, 5) is 23.5. The van der Waals surface area contributed by atoms with E-state index < -0.39 is 12.2 Å². The highest BCUT2D eigenvalue weighted by Crippen LogP contribution is 2.34. The number of carbonyl (C=O) groups is 2. The van der Waals surface area contributed by atoms with Gasteiger partial charge in [-0.15, -0.1) is 0 Å². The number of ether oxygens (including phenoxy) is 1. The topological polar surface area (TPSA) is 83.8 Å². The first kappa shape index (κ1) is 23.8. The van der Waals surface area contributed by atoms with Gasteiger partial charge in [-0.05, 0) is 26.2 Å². The molecule has 0 amide bonds. The number of esters is 1. The Hall–Kier alpha value is -1.20. The Morgan fingerprint density at radius 2 is 1.93 bits per heavy atom. The van der Waals surface area contributed by atoms with Crippen LogP contribution in [0.3, 0.4) is 0 Å². The summed E-state index contributed by atoms with van der Waals surface area (Å²) in [6, 6.07) is 0. The highest BCUT2D eigenvalue weighted by atomic mass is 16.5. The van der Waals surface area contributed by atoms with Gasteiger partial charge in [-0.3, -0.25) is 9.59 Å². The zero-order chi connectivity index (χ0) is 20.1. The van der Waals surface area contributed by atoms with Crippen molar-refractivity contribution in [3.05, 3.63) is 12.2 Å². The van der Waals surface area contributed by atoms with E-state index >= 15 is 0 Å². The average molecular weight is 383 g/mol. The molecule has 0 radical (unpaired) electrons. The second kappa shape index (κ2) is 13.9. The Bertz CT molecular complexity index is 460. The number of Topliss-reactive ketones (excluding diaryl/α,β-unsaturated/α-hetero) is 1. The van der Waals surface area contributed by atoms with E-state index in [-0.39, 0.29) is 30.0 Å². The Morgan fingerprint density at radius 1 is 1.19 bits per heavy atom. The van der Waals surface area contributed by atoms with Crippen LogP contribution in [-0.2, 0) is 14.3 Å². The van der Waals surface area contributed by atoms with Gasteiger partial charge in [0.2, 0.25) is 0 Å². The van der Waals surface area contributed by atoms with Crippen LogP contribution in [0, 0.1) is 11.8 Å². The number of hydrogen-bond acceptors (Lipinski definition) is 5. The number of carbonyl (C=O) groups excluding carboxylic acids is 2. The molecule has 5 nitrogen and oxygen atoms in total. The minimum atomic E-state index is -0.634. The quantitative estimate of drug-likeness (QED) is 0.270. The molecule has 0 spiro atoms. The molecule has 0 bridgehead atoms. The first-order valence-corrected chi connectivity index (χ1v) is 10.7. The van der Waals surface area contributed by atoms with Crippen LogP contribution < -0.4 is 0 Å². The Labute approximate surface area is 164 Å². The van der Waals surface area contributed by atoms with Crippen molar-refractivity contribution >= 4 is 11.8 Å². The molecule has 0 aromatic rings. The number of aliphatic hydroxyl groups excluding tert-OH is 2. The van der Waals surface area contributed by atoms with E-state index in [1.807, 2.05) is 6.08 Å². The number of ketones is 1. The molecule has 1 aliphatic carbocycles. The van der Waals surface area contributed by atoms with Crippen LogP contribution in [-0.4, -0.2) is 40.8 Å². The summed E-state index contributed by atoms with van der Waals surface area (Å²) in [6.45, 7) is 4.36. The lowest BCUT2D eigenvalue weighted by molar-refractivity contribution is -0.143. The van der Waals surface area contributed by atoms with E-state index in [1.165, 1.54) is 0 Å². The molecular formula is C22H38O5. The molecular weight excluding hydrogens is 344 g/mol. The maximum absolute atomic E-state index is 12.2. The first-order valence-electron chi connectivity index (χ1n) is 10.7. The molecule has 0 aliphatic heterocycles. The van der Waals surface area contributed by atoms with Crippen LogP contribution in [0.5, 0.6) is 0 Å². The molecule has 4 atom stereocenters. The van der Waals surface area contributed by atoms with Crippen LogP contribution in [0.15, 0.2) is 12.2 Å². The normalized spacial score (nSPS) is 23.9. The Kier molecular flexibility index (Phi) is 12.3. The van der Waals surface area contributed by atoms with E-state index in [1.54, 1.807) is 13.0 Å². The van der Waals surface area contributed by atoms with Gasteiger partial charge < -0.3 is 14.9 Å². The predicted molar refractivity (Wildman–Crippen MR) is 106 cm³/mol. The Morgan fingerprint density at radius 3 is 2.63 bits per heavy atom. The monoisotopic (exact) mass is 382 g/mol. The van der Waals surface area contributed by atoms with Crippen LogP contribution in [0.25, 0.3) is 0 Å². The first-order chi connectivity index (χ1) is 13.0. The highest BCUT2D eigenvalue weighted by Gasteiger charge is 2.39. The van der Waals surface area contributed by atoms with Gasteiger partial charge in [0.1, 0.15) is 5.78 Å². The van der Waals surface area contributed by atoms with Gasteiger partial charge in [0.25, 0.3) is 0 Å². The molecule has 156 valence electrons. The molecule has 4 unspecified atom stereocenters. The van der Waals surface area contributed by atoms with Crippen molar-refractivity contribution in [3.63, 3.8) is 0 Å². The van der Waals surface area contributed by atoms with Crippen molar-refractivity contribution < 1.29 is 24.5 Å². The summed E-state index contributed by atoms with van der Waals surface area (Å²) in [5.41, 5.74) is 0. The fraction of sp³-hybridized carbons (Fsp3) is 0.818. The number of rotatable bonds is 14. The minimum Gasteiger partial charge on any atom is -0.466 e. The summed E-state index contributed by atoms with van der Waals surface area (Å²) in [5.74, 6) is -0.347. The molecule has 0 heterocycles. The van der Waals surface area contributed by atoms with Gasteiger partial charge >= 0.3 is 5.97 Å². The Balaban J connectivity index is 2.34. The smallest absolute Gasteiger partial charge is 0.305 e. The van der Waals surface area contributed by atoms with Gasteiger partial charge in [0.05, 0.1) is 18.8 Å². The van der Waals surface area contributed by atoms with Crippen LogP contribution in [0.1, 0.15) is 84.5 Å². The molecule has 0 aromatic heterocycles. The number of aliphatic hydroxyl groups is 2. The van der Waals surface area contributed by atoms with Crippen molar-refractivity contribution in [2.45, 2.75) is 96.7 Å². The van der Waals surface area contributed by atoms with E-state index in [2.05, 4.69) is 6.92 Å². The summed E-state index contributed by atoms with van der Waals surface area (Å²) in [6.07, 6.45) is 11.5. The summed E-state index contributed by atoms with van der Waals surface area (Å²) < 4.78 is 4.91. The molecule has 0 aromatic carbocycles. The second-order valence-corrected chi connectivity index (χ2v) is 7.63. The largest absolute Gasteiger partial charge is 0.466 e. The maximum Gasteiger partial charge on any atom is 0.305 e. The fourth-order valence-corrected chi connectivity index (χ4v) is 3.77. The molecule has 0 saturated heterocycles. The summed E-state index contributed by atoms with van der Waals surface area (Å²) in [7, 11) is 0. The zero-order valence-electron chi connectivity index (χ0n) is 17.1. The lowest BCUT2D eigenvalue weighted by Crippen LogP contribution is -2.19. The van der Waals surface area contributed by atoms with Gasteiger partial charge in [-0.2, -0.15) is 0 Å². The van der Waals surface area contributed by atoms with E-state index in [9.17, 15) is 19.8 Å². The van der Waals surface area contributed by atoms with E-state index in [4.69, 9.17) is 4.74 Å². The van der Waals surface area contributed by atoms with Crippen LogP contribution in [0.4, 0.5) is 0 Å².